The van der Waals surface area contributed by atoms with Crippen LogP contribution in [-0.4, -0.2) is 5.75 Å². The summed E-state index contributed by atoms with van der Waals surface area (Å²) in [5.41, 5.74) is 1.19. The summed E-state index contributed by atoms with van der Waals surface area (Å²) in [5.74, 6) is 0.933. The lowest BCUT2D eigenvalue weighted by Gasteiger charge is -2.10. The van der Waals surface area contributed by atoms with Crippen LogP contribution in [0, 0.1) is 6.92 Å². The maximum absolute atomic E-state index is 3.77. The highest BCUT2D eigenvalue weighted by molar-refractivity contribution is 9.10. The quantitative estimate of drug-likeness (QED) is 0.527. The van der Waals surface area contributed by atoms with Crippen LogP contribution in [0.15, 0.2) is 52.4 Å². The molecule has 0 unspecified atom stereocenters. The third-order valence-electron chi connectivity index (χ3n) is 2.61. The number of hydrogen-bond donors (Lipinski definition) is 1. The lowest BCUT2D eigenvalue weighted by Crippen LogP contribution is -1.98. The molecule has 0 saturated heterocycles. The third kappa shape index (κ3) is 4.13. The normalized spacial score (nSPS) is 10.4. The minimum Gasteiger partial charge on any atom is -0.379 e. The zero-order valence-electron chi connectivity index (χ0n) is 10.8. The van der Waals surface area contributed by atoms with Crippen molar-refractivity contribution in [1.29, 1.82) is 0 Å². The molecule has 1 nitrogen and oxygen atoms in total. The molecule has 0 atom stereocenters. The second-order valence-electron chi connectivity index (χ2n) is 4.07. The zero-order chi connectivity index (χ0) is 13.7. The molecule has 0 aliphatic heterocycles. The van der Waals surface area contributed by atoms with Gasteiger partial charge in [0, 0.05) is 37.1 Å². The number of thiophene rings is 1. The van der Waals surface area contributed by atoms with Crippen molar-refractivity contribution >= 4 is 44.7 Å². The first-order chi connectivity index (χ1) is 9.20. The number of halogens is 1. The molecular formula is C15H16BrNS2. The number of nitrogens with one attached hydrogen (secondary N) is 1. The van der Waals surface area contributed by atoms with Gasteiger partial charge in [0.25, 0.3) is 0 Å². The van der Waals surface area contributed by atoms with E-state index in [0.29, 0.717) is 0 Å². The Hall–Kier alpha value is -0.710. The molecule has 19 heavy (non-hydrogen) atoms. The number of anilines is 1. The van der Waals surface area contributed by atoms with Crippen LogP contribution in [-0.2, 0) is 6.54 Å². The van der Waals surface area contributed by atoms with Crippen molar-refractivity contribution in [2.24, 2.45) is 0 Å². The van der Waals surface area contributed by atoms with Crippen LogP contribution < -0.4 is 5.32 Å². The van der Waals surface area contributed by atoms with Crippen LogP contribution in [0.5, 0.6) is 0 Å². The van der Waals surface area contributed by atoms with Gasteiger partial charge in [-0.25, -0.2) is 0 Å². The summed E-state index contributed by atoms with van der Waals surface area (Å²) in [4.78, 5) is 3.94. The largest absolute Gasteiger partial charge is 0.379 e. The highest BCUT2D eigenvalue weighted by atomic mass is 79.9. The second kappa shape index (κ2) is 7.17. The highest BCUT2D eigenvalue weighted by Gasteiger charge is 2.05. The van der Waals surface area contributed by atoms with Crippen LogP contribution >= 0.6 is 39.0 Å². The molecule has 0 spiro atoms. The molecule has 0 saturated carbocycles. The number of benzene rings is 1. The minimum absolute atomic E-state index is 0.864. The predicted octanol–water partition coefficient (Wildman–Crippen LogP) is 5.71. The van der Waals surface area contributed by atoms with E-state index in [1.165, 1.54) is 24.8 Å². The van der Waals surface area contributed by atoms with Gasteiger partial charge in [0.05, 0.1) is 0 Å². The molecule has 1 heterocycles. The summed E-state index contributed by atoms with van der Waals surface area (Å²) in [6.07, 6.45) is 1.93. The SMILES string of the molecule is C=CCSc1ccccc1NCc1cc(Br)c(C)s1. The van der Waals surface area contributed by atoms with Crippen molar-refractivity contribution in [3.8, 4) is 0 Å². The lowest BCUT2D eigenvalue weighted by molar-refractivity contribution is 1.17. The molecule has 2 rings (SSSR count). The van der Waals surface area contributed by atoms with Crippen molar-refractivity contribution in [2.75, 3.05) is 11.1 Å². The van der Waals surface area contributed by atoms with Gasteiger partial charge in [-0.3, -0.25) is 0 Å². The maximum atomic E-state index is 3.77. The fraction of sp³-hybridized carbons (Fsp3) is 0.200. The van der Waals surface area contributed by atoms with Gasteiger partial charge in [0.2, 0.25) is 0 Å². The average molecular weight is 354 g/mol. The van der Waals surface area contributed by atoms with Crippen LogP contribution in [0.1, 0.15) is 9.75 Å². The zero-order valence-corrected chi connectivity index (χ0v) is 14.0. The Bertz CT molecular complexity index is 544. The van der Waals surface area contributed by atoms with Crippen LogP contribution in [0.4, 0.5) is 5.69 Å². The molecule has 100 valence electrons. The number of aryl methyl sites for hydroxylation is 1. The van der Waals surface area contributed by atoms with Gasteiger partial charge in [0.15, 0.2) is 0 Å². The van der Waals surface area contributed by atoms with Crippen molar-refractivity contribution in [1.82, 2.24) is 0 Å². The lowest BCUT2D eigenvalue weighted by atomic mass is 10.3. The summed E-state index contributed by atoms with van der Waals surface area (Å²) in [6.45, 7) is 6.76. The van der Waals surface area contributed by atoms with E-state index < -0.39 is 0 Å². The Kier molecular flexibility index (Phi) is 5.55. The Morgan fingerprint density at radius 3 is 2.89 bits per heavy atom. The van der Waals surface area contributed by atoms with Crippen molar-refractivity contribution in [2.45, 2.75) is 18.4 Å². The Balaban J connectivity index is 2.04. The maximum Gasteiger partial charge on any atom is 0.0495 e. The number of rotatable bonds is 6. The summed E-state index contributed by atoms with van der Waals surface area (Å²) >= 11 is 7.19. The van der Waals surface area contributed by atoms with Gasteiger partial charge < -0.3 is 5.32 Å². The first-order valence-corrected chi connectivity index (χ1v) is 8.61. The van der Waals surface area contributed by atoms with Crippen molar-refractivity contribution < 1.29 is 0 Å². The summed E-state index contributed by atoms with van der Waals surface area (Å²) in [7, 11) is 0. The van der Waals surface area contributed by atoms with E-state index >= 15 is 0 Å². The number of hydrogen-bond acceptors (Lipinski definition) is 3. The fourth-order valence-electron chi connectivity index (χ4n) is 1.67. The molecule has 0 bridgehead atoms. The first-order valence-electron chi connectivity index (χ1n) is 6.02. The van der Waals surface area contributed by atoms with Gasteiger partial charge in [0.1, 0.15) is 0 Å². The molecule has 0 amide bonds. The monoisotopic (exact) mass is 353 g/mol. The minimum atomic E-state index is 0.864. The second-order valence-corrected chi connectivity index (χ2v) is 7.32. The van der Waals surface area contributed by atoms with Crippen LogP contribution in [0.25, 0.3) is 0 Å². The Labute approximate surface area is 131 Å². The standard InChI is InChI=1S/C15H16BrNS2/c1-3-8-18-15-7-5-4-6-14(15)17-10-12-9-13(16)11(2)19-12/h3-7,9,17H,1,8,10H2,2H3. The summed E-state index contributed by atoms with van der Waals surface area (Å²) < 4.78 is 1.20. The van der Waals surface area contributed by atoms with E-state index in [-0.39, 0.29) is 0 Å². The molecule has 2 aromatic rings. The van der Waals surface area contributed by atoms with Gasteiger partial charge in [-0.05, 0) is 41.1 Å². The van der Waals surface area contributed by atoms with Gasteiger partial charge in [-0.1, -0.05) is 18.2 Å². The first kappa shape index (κ1) is 14.7. The van der Waals surface area contributed by atoms with E-state index in [0.717, 1.165) is 12.3 Å². The topological polar surface area (TPSA) is 12.0 Å². The molecule has 4 heteroatoms. The number of thioether (sulfide) groups is 1. The number of para-hydroxylation sites is 1. The molecule has 0 aliphatic rings. The van der Waals surface area contributed by atoms with Gasteiger partial charge in [-0.2, -0.15) is 0 Å². The third-order valence-corrected chi connectivity index (χ3v) is 5.81. The summed E-state index contributed by atoms with van der Waals surface area (Å²) in [5, 5.41) is 3.51. The molecule has 0 radical (unpaired) electrons. The fourth-order valence-corrected chi connectivity index (χ4v) is 3.98. The Morgan fingerprint density at radius 2 is 2.21 bits per heavy atom. The molecular weight excluding hydrogens is 338 g/mol. The van der Waals surface area contributed by atoms with E-state index in [4.69, 9.17) is 0 Å². The molecule has 0 fully saturated rings. The highest BCUT2D eigenvalue weighted by Crippen LogP contribution is 2.30. The summed E-state index contributed by atoms with van der Waals surface area (Å²) in [6, 6.07) is 10.6. The predicted molar refractivity (Wildman–Crippen MR) is 91.4 cm³/mol. The molecule has 0 aliphatic carbocycles. The van der Waals surface area contributed by atoms with Crippen molar-refractivity contribution in [3.05, 3.63) is 57.2 Å². The van der Waals surface area contributed by atoms with Gasteiger partial charge >= 0.3 is 0 Å². The van der Waals surface area contributed by atoms with E-state index in [9.17, 15) is 0 Å². The van der Waals surface area contributed by atoms with Crippen LogP contribution in [0.3, 0.4) is 0 Å². The molecule has 1 N–H and O–H groups in total. The Morgan fingerprint density at radius 1 is 1.42 bits per heavy atom. The van der Waals surface area contributed by atoms with Crippen molar-refractivity contribution in [3.63, 3.8) is 0 Å². The smallest absolute Gasteiger partial charge is 0.0495 e. The van der Waals surface area contributed by atoms with Gasteiger partial charge in [-0.15, -0.1) is 29.7 Å². The van der Waals surface area contributed by atoms with E-state index in [1.54, 1.807) is 11.8 Å². The van der Waals surface area contributed by atoms with E-state index in [1.807, 2.05) is 17.4 Å². The average Bonchev–Trinajstić information content (AvgIpc) is 2.74. The molecule has 1 aromatic heterocycles. The van der Waals surface area contributed by atoms with Crippen LogP contribution in [0.2, 0.25) is 0 Å². The van der Waals surface area contributed by atoms with E-state index in [2.05, 4.69) is 65.1 Å². The molecule has 1 aromatic carbocycles.